The Bertz CT molecular complexity index is 399. The van der Waals surface area contributed by atoms with Gasteiger partial charge in [0, 0.05) is 30.3 Å². The molecule has 2 nitrogen and oxygen atoms in total. The second-order valence-electron chi connectivity index (χ2n) is 5.63. The molecule has 3 heteroatoms. The van der Waals surface area contributed by atoms with Crippen molar-refractivity contribution < 1.29 is 0 Å². The van der Waals surface area contributed by atoms with Gasteiger partial charge in [0.1, 0.15) is 0 Å². The van der Waals surface area contributed by atoms with Crippen LogP contribution in [-0.4, -0.2) is 19.6 Å². The first kappa shape index (κ1) is 13.7. The summed E-state index contributed by atoms with van der Waals surface area (Å²) in [5, 5.41) is 0.798. The topological polar surface area (TPSA) is 29.3 Å². The SMILES string of the molecule is CC(N)Cc1cc(Cl)ccc1N(C)CC1CCC1. The van der Waals surface area contributed by atoms with Crippen molar-refractivity contribution in [3.8, 4) is 0 Å². The summed E-state index contributed by atoms with van der Waals surface area (Å²) in [6, 6.07) is 6.31. The van der Waals surface area contributed by atoms with Crippen molar-refractivity contribution in [2.75, 3.05) is 18.5 Å². The zero-order valence-electron chi connectivity index (χ0n) is 11.3. The zero-order chi connectivity index (χ0) is 13.1. The number of nitrogens with zero attached hydrogens (tertiary/aromatic N) is 1. The van der Waals surface area contributed by atoms with Gasteiger partial charge < -0.3 is 10.6 Å². The summed E-state index contributed by atoms with van der Waals surface area (Å²) in [4.78, 5) is 2.36. The van der Waals surface area contributed by atoms with E-state index in [0.29, 0.717) is 0 Å². The van der Waals surface area contributed by atoms with E-state index in [1.54, 1.807) is 0 Å². The lowest BCUT2D eigenvalue weighted by molar-refractivity contribution is 0.321. The van der Waals surface area contributed by atoms with Crippen LogP contribution in [0.3, 0.4) is 0 Å². The molecular formula is C15H23ClN2. The van der Waals surface area contributed by atoms with E-state index in [0.717, 1.165) is 23.9 Å². The van der Waals surface area contributed by atoms with Crippen LogP contribution in [-0.2, 0) is 6.42 Å². The maximum absolute atomic E-state index is 6.09. The van der Waals surface area contributed by atoms with Crippen molar-refractivity contribution >= 4 is 17.3 Å². The third-order valence-corrected chi connectivity index (χ3v) is 3.99. The number of hydrogen-bond acceptors (Lipinski definition) is 2. The highest BCUT2D eigenvalue weighted by Crippen LogP contribution is 2.30. The second-order valence-corrected chi connectivity index (χ2v) is 6.07. The Hall–Kier alpha value is -0.730. The quantitative estimate of drug-likeness (QED) is 0.884. The minimum absolute atomic E-state index is 0.166. The van der Waals surface area contributed by atoms with Crippen molar-refractivity contribution in [1.29, 1.82) is 0 Å². The van der Waals surface area contributed by atoms with Gasteiger partial charge in [-0.3, -0.25) is 0 Å². The Morgan fingerprint density at radius 3 is 2.72 bits per heavy atom. The molecule has 1 atom stereocenters. The minimum Gasteiger partial charge on any atom is -0.374 e. The Morgan fingerprint density at radius 1 is 1.44 bits per heavy atom. The monoisotopic (exact) mass is 266 g/mol. The zero-order valence-corrected chi connectivity index (χ0v) is 12.1. The molecule has 2 N–H and O–H groups in total. The van der Waals surface area contributed by atoms with Gasteiger partial charge in [-0.2, -0.15) is 0 Å². The predicted octanol–water partition coefficient (Wildman–Crippen LogP) is 3.47. The number of halogens is 1. The summed E-state index contributed by atoms with van der Waals surface area (Å²) in [7, 11) is 2.17. The van der Waals surface area contributed by atoms with Crippen molar-refractivity contribution in [2.45, 2.75) is 38.6 Å². The first-order valence-corrected chi connectivity index (χ1v) is 7.19. The van der Waals surface area contributed by atoms with Crippen molar-refractivity contribution in [2.24, 2.45) is 11.7 Å². The smallest absolute Gasteiger partial charge is 0.0410 e. The lowest BCUT2D eigenvalue weighted by Crippen LogP contribution is -2.30. The molecule has 1 aromatic carbocycles. The van der Waals surface area contributed by atoms with Gasteiger partial charge in [-0.1, -0.05) is 18.0 Å². The maximum Gasteiger partial charge on any atom is 0.0410 e. The van der Waals surface area contributed by atoms with E-state index in [-0.39, 0.29) is 6.04 Å². The Kier molecular flexibility index (Phi) is 4.52. The van der Waals surface area contributed by atoms with E-state index < -0.39 is 0 Å². The van der Waals surface area contributed by atoms with Crippen molar-refractivity contribution in [3.05, 3.63) is 28.8 Å². The third kappa shape index (κ3) is 3.39. The summed E-state index contributed by atoms with van der Waals surface area (Å²) in [6.07, 6.45) is 5.03. The summed E-state index contributed by atoms with van der Waals surface area (Å²) in [6.45, 7) is 3.18. The average Bonchev–Trinajstić information content (AvgIpc) is 2.22. The van der Waals surface area contributed by atoms with E-state index in [9.17, 15) is 0 Å². The summed E-state index contributed by atoms with van der Waals surface area (Å²) >= 11 is 6.09. The molecule has 1 aliphatic rings. The fraction of sp³-hybridized carbons (Fsp3) is 0.600. The Morgan fingerprint density at radius 2 is 2.17 bits per heavy atom. The van der Waals surface area contributed by atoms with Crippen LogP contribution in [0.15, 0.2) is 18.2 Å². The molecule has 100 valence electrons. The van der Waals surface area contributed by atoms with Crippen molar-refractivity contribution in [3.63, 3.8) is 0 Å². The second kappa shape index (κ2) is 5.94. The molecule has 1 aliphatic carbocycles. The van der Waals surface area contributed by atoms with E-state index in [1.807, 2.05) is 13.0 Å². The summed E-state index contributed by atoms with van der Waals surface area (Å²) in [5.74, 6) is 0.869. The van der Waals surface area contributed by atoms with Gasteiger partial charge in [-0.05, 0) is 55.9 Å². The van der Waals surface area contributed by atoms with Gasteiger partial charge in [-0.15, -0.1) is 0 Å². The molecule has 1 unspecified atom stereocenters. The molecule has 0 aromatic heterocycles. The largest absolute Gasteiger partial charge is 0.374 e. The van der Waals surface area contributed by atoms with Crippen LogP contribution >= 0.6 is 11.6 Å². The lowest BCUT2D eigenvalue weighted by atomic mass is 9.85. The van der Waals surface area contributed by atoms with Crippen LogP contribution in [0.25, 0.3) is 0 Å². The molecule has 1 saturated carbocycles. The molecule has 0 radical (unpaired) electrons. The highest BCUT2D eigenvalue weighted by atomic mass is 35.5. The molecular weight excluding hydrogens is 244 g/mol. The number of hydrogen-bond donors (Lipinski definition) is 1. The van der Waals surface area contributed by atoms with Crippen molar-refractivity contribution in [1.82, 2.24) is 0 Å². The molecule has 0 heterocycles. The van der Waals surface area contributed by atoms with Gasteiger partial charge in [0.2, 0.25) is 0 Å². The average molecular weight is 267 g/mol. The predicted molar refractivity (Wildman–Crippen MR) is 79.4 cm³/mol. The molecule has 0 aliphatic heterocycles. The number of anilines is 1. The molecule has 18 heavy (non-hydrogen) atoms. The normalized spacial score (nSPS) is 17.3. The fourth-order valence-electron chi connectivity index (χ4n) is 2.60. The Labute approximate surface area is 115 Å². The van der Waals surface area contributed by atoms with Gasteiger partial charge >= 0.3 is 0 Å². The van der Waals surface area contributed by atoms with Gasteiger partial charge in [0.25, 0.3) is 0 Å². The van der Waals surface area contributed by atoms with Crippen LogP contribution < -0.4 is 10.6 Å². The van der Waals surface area contributed by atoms with E-state index >= 15 is 0 Å². The molecule has 1 fully saturated rings. The van der Waals surface area contributed by atoms with Gasteiger partial charge in [0.05, 0.1) is 0 Å². The Balaban J connectivity index is 2.13. The summed E-state index contributed by atoms with van der Waals surface area (Å²) in [5.41, 5.74) is 8.46. The maximum atomic E-state index is 6.09. The molecule has 0 bridgehead atoms. The third-order valence-electron chi connectivity index (χ3n) is 3.75. The van der Waals surface area contributed by atoms with Crippen LogP contribution in [0.1, 0.15) is 31.7 Å². The lowest BCUT2D eigenvalue weighted by Gasteiger charge is -2.32. The van der Waals surface area contributed by atoms with Crippen LogP contribution in [0.2, 0.25) is 5.02 Å². The fourth-order valence-corrected chi connectivity index (χ4v) is 2.79. The standard InChI is InChI=1S/C15H23ClN2/c1-11(17)8-13-9-14(16)6-7-15(13)18(2)10-12-4-3-5-12/h6-7,9,11-12H,3-5,8,10,17H2,1-2H3. The van der Waals surface area contributed by atoms with Crippen LogP contribution in [0.4, 0.5) is 5.69 Å². The van der Waals surface area contributed by atoms with Crippen LogP contribution in [0.5, 0.6) is 0 Å². The number of rotatable bonds is 5. The first-order chi connectivity index (χ1) is 8.56. The number of nitrogens with two attached hydrogens (primary N) is 1. The highest BCUT2D eigenvalue weighted by molar-refractivity contribution is 6.30. The highest BCUT2D eigenvalue weighted by Gasteiger charge is 2.20. The summed E-state index contributed by atoms with van der Waals surface area (Å²) < 4.78 is 0. The molecule has 0 amide bonds. The van der Waals surface area contributed by atoms with Gasteiger partial charge in [-0.25, -0.2) is 0 Å². The molecule has 0 saturated heterocycles. The van der Waals surface area contributed by atoms with E-state index in [2.05, 4.69) is 24.1 Å². The molecule has 0 spiro atoms. The van der Waals surface area contributed by atoms with E-state index in [1.165, 1.54) is 30.5 Å². The van der Waals surface area contributed by atoms with E-state index in [4.69, 9.17) is 17.3 Å². The molecule has 2 rings (SSSR count). The minimum atomic E-state index is 0.166. The first-order valence-electron chi connectivity index (χ1n) is 6.81. The number of benzene rings is 1. The molecule has 1 aromatic rings. The van der Waals surface area contributed by atoms with Crippen LogP contribution in [0, 0.1) is 5.92 Å². The van der Waals surface area contributed by atoms with Gasteiger partial charge in [0.15, 0.2) is 0 Å².